The number of ether oxygens (including phenoxy) is 1. The molecule has 0 aliphatic heterocycles. The summed E-state index contributed by atoms with van der Waals surface area (Å²) in [5.74, 6) is -0.242. The summed E-state index contributed by atoms with van der Waals surface area (Å²) in [6, 6.07) is 7.73. The Hall–Kier alpha value is -1.04. The third-order valence-corrected chi connectivity index (χ3v) is 5.48. The zero-order chi connectivity index (χ0) is 18.7. The van der Waals surface area contributed by atoms with Crippen LogP contribution in [-0.2, 0) is 26.3 Å². The zero-order valence-electron chi connectivity index (χ0n) is 16.1. The molecule has 1 aromatic rings. The number of rotatable bonds is 6. The number of carbonyl (C=O) groups is 1. The predicted octanol–water partition coefficient (Wildman–Crippen LogP) is 4.03. The molecule has 0 heterocycles. The molecule has 0 radical (unpaired) electrons. The number of carbonyl (C=O) groups excluding carboxylic acids is 1. The van der Waals surface area contributed by atoms with Crippen molar-refractivity contribution in [1.29, 1.82) is 0 Å². The lowest BCUT2D eigenvalue weighted by Gasteiger charge is -2.28. The van der Waals surface area contributed by atoms with Gasteiger partial charge in [-0.3, -0.25) is 4.79 Å². The first-order valence-corrected chi connectivity index (χ1v) is 9.50. The summed E-state index contributed by atoms with van der Waals surface area (Å²) in [7, 11) is 0. The molecule has 4 nitrogen and oxygen atoms in total. The molecule has 0 bridgehead atoms. The normalized spacial score (nSPS) is 15.2. The molecule has 136 valence electrons. The Kier molecular flexibility index (Phi) is 6.91. The van der Waals surface area contributed by atoms with E-state index < -0.39 is 16.8 Å². The van der Waals surface area contributed by atoms with Crippen molar-refractivity contribution in [3.8, 4) is 0 Å². The Labute approximate surface area is 149 Å². The zero-order valence-corrected chi connectivity index (χ0v) is 16.9. The largest absolute Gasteiger partial charge is 0.598 e. The molecule has 0 fully saturated rings. The monoisotopic (exact) mass is 353 g/mol. The van der Waals surface area contributed by atoms with Crippen LogP contribution < -0.4 is 4.72 Å². The summed E-state index contributed by atoms with van der Waals surface area (Å²) in [5, 5.41) is 0. The van der Waals surface area contributed by atoms with Crippen LogP contribution in [0.1, 0.15) is 72.6 Å². The first-order chi connectivity index (χ1) is 10.9. The first-order valence-electron chi connectivity index (χ1n) is 8.35. The lowest BCUT2D eigenvalue weighted by Crippen LogP contribution is -2.40. The highest BCUT2D eigenvalue weighted by molar-refractivity contribution is 7.90. The third-order valence-electron chi connectivity index (χ3n) is 3.80. The van der Waals surface area contributed by atoms with Crippen LogP contribution in [0.3, 0.4) is 0 Å². The van der Waals surface area contributed by atoms with Crippen molar-refractivity contribution in [3.63, 3.8) is 0 Å². The highest BCUT2D eigenvalue weighted by atomic mass is 32.2. The summed E-state index contributed by atoms with van der Waals surface area (Å²) in [4.78, 5) is 12.4. The molecule has 1 rings (SSSR count). The Balaban J connectivity index is 2.99. The summed E-state index contributed by atoms with van der Waals surface area (Å²) in [5.41, 5.74) is 1.15. The standard InChI is InChI=1S/C19H31NO3S/c1-13(2)23-17(21)19(7,8)16-11-9-10-15(12-16)14(3)20-24(22)18(4,5)6/h9-14,20H,1-8H3/t14-,24?/m0/s1. The number of hydrogen-bond acceptors (Lipinski definition) is 4. The highest BCUT2D eigenvalue weighted by Crippen LogP contribution is 2.28. The van der Waals surface area contributed by atoms with Crippen LogP contribution >= 0.6 is 0 Å². The first kappa shape index (κ1) is 21.0. The van der Waals surface area contributed by atoms with E-state index in [0.717, 1.165) is 11.1 Å². The number of esters is 1. The van der Waals surface area contributed by atoms with Crippen molar-refractivity contribution in [2.75, 3.05) is 0 Å². The van der Waals surface area contributed by atoms with Crippen LogP contribution in [0.15, 0.2) is 24.3 Å². The second-order valence-corrected chi connectivity index (χ2v) is 9.92. The van der Waals surface area contributed by atoms with E-state index >= 15 is 0 Å². The Bertz CT molecular complexity index is 564. The Morgan fingerprint density at radius 1 is 1.17 bits per heavy atom. The van der Waals surface area contributed by atoms with Gasteiger partial charge in [-0.15, -0.1) is 4.72 Å². The van der Waals surface area contributed by atoms with Gasteiger partial charge < -0.3 is 9.29 Å². The molecule has 0 saturated heterocycles. The molecule has 1 N–H and O–H groups in total. The molecule has 0 aliphatic rings. The lowest BCUT2D eigenvalue weighted by molar-refractivity contribution is -0.153. The molecular formula is C19H31NO3S. The maximum Gasteiger partial charge on any atom is 0.316 e. The van der Waals surface area contributed by atoms with E-state index in [4.69, 9.17) is 4.74 Å². The van der Waals surface area contributed by atoms with Gasteiger partial charge in [-0.1, -0.05) is 24.3 Å². The fourth-order valence-corrected chi connectivity index (χ4v) is 2.89. The lowest BCUT2D eigenvalue weighted by atomic mass is 9.83. The predicted molar refractivity (Wildman–Crippen MR) is 100 cm³/mol. The van der Waals surface area contributed by atoms with Gasteiger partial charge in [-0.2, -0.15) is 0 Å². The molecule has 0 aromatic heterocycles. The van der Waals surface area contributed by atoms with Crippen LogP contribution in [0.4, 0.5) is 0 Å². The molecule has 2 atom stereocenters. The molecule has 24 heavy (non-hydrogen) atoms. The van der Waals surface area contributed by atoms with Gasteiger partial charge in [0.1, 0.15) is 4.75 Å². The fraction of sp³-hybridized carbons (Fsp3) is 0.632. The topological polar surface area (TPSA) is 61.4 Å². The van der Waals surface area contributed by atoms with E-state index in [1.807, 2.05) is 79.7 Å². The molecule has 1 aromatic carbocycles. The van der Waals surface area contributed by atoms with Gasteiger partial charge >= 0.3 is 5.97 Å². The second kappa shape index (κ2) is 7.89. The van der Waals surface area contributed by atoms with Gasteiger partial charge in [-0.25, -0.2) is 0 Å². The number of hydrogen-bond donors (Lipinski definition) is 1. The van der Waals surface area contributed by atoms with Crippen LogP contribution in [0.2, 0.25) is 0 Å². The van der Waals surface area contributed by atoms with Gasteiger partial charge in [0.2, 0.25) is 0 Å². The average Bonchev–Trinajstić information content (AvgIpc) is 2.45. The summed E-state index contributed by atoms with van der Waals surface area (Å²) >= 11 is -1.15. The molecular weight excluding hydrogens is 322 g/mol. The summed E-state index contributed by atoms with van der Waals surface area (Å²) < 4.78 is 20.5. The van der Waals surface area contributed by atoms with Crippen molar-refractivity contribution < 1.29 is 14.1 Å². The van der Waals surface area contributed by atoms with E-state index in [0.29, 0.717) is 0 Å². The van der Waals surface area contributed by atoms with Crippen LogP contribution in [0.5, 0.6) is 0 Å². The molecule has 0 amide bonds. The Morgan fingerprint density at radius 2 is 1.75 bits per heavy atom. The summed E-state index contributed by atoms with van der Waals surface area (Å²) in [6.07, 6.45) is -0.144. The maximum atomic E-state index is 12.4. The molecule has 0 spiro atoms. The van der Waals surface area contributed by atoms with Gasteiger partial charge in [0.15, 0.2) is 0 Å². The van der Waals surface area contributed by atoms with Crippen molar-refractivity contribution in [1.82, 2.24) is 4.72 Å². The van der Waals surface area contributed by atoms with Crippen molar-refractivity contribution in [2.45, 2.75) is 77.7 Å². The number of benzene rings is 1. The second-order valence-electron chi connectivity index (χ2n) is 7.93. The molecule has 1 unspecified atom stereocenters. The van der Waals surface area contributed by atoms with Crippen molar-refractivity contribution in [3.05, 3.63) is 35.4 Å². The van der Waals surface area contributed by atoms with Crippen LogP contribution in [0, 0.1) is 0 Å². The fourth-order valence-electron chi connectivity index (χ4n) is 2.08. The van der Waals surface area contributed by atoms with Crippen molar-refractivity contribution in [2.24, 2.45) is 0 Å². The minimum atomic E-state index is -1.15. The maximum absolute atomic E-state index is 12.4. The minimum Gasteiger partial charge on any atom is -0.598 e. The highest BCUT2D eigenvalue weighted by Gasteiger charge is 2.33. The van der Waals surface area contributed by atoms with E-state index in [9.17, 15) is 9.35 Å². The van der Waals surface area contributed by atoms with Gasteiger partial charge in [0.25, 0.3) is 0 Å². The average molecular weight is 354 g/mol. The minimum absolute atomic E-state index is 0.0815. The van der Waals surface area contributed by atoms with Gasteiger partial charge in [-0.05, 0) is 66.5 Å². The van der Waals surface area contributed by atoms with Crippen LogP contribution in [0.25, 0.3) is 0 Å². The molecule has 0 aliphatic carbocycles. The quantitative estimate of drug-likeness (QED) is 0.619. The van der Waals surface area contributed by atoms with Crippen LogP contribution in [-0.4, -0.2) is 21.4 Å². The summed E-state index contributed by atoms with van der Waals surface area (Å²) in [6.45, 7) is 15.2. The smallest absolute Gasteiger partial charge is 0.316 e. The third kappa shape index (κ3) is 5.50. The van der Waals surface area contributed by atoms with Gasteiger partial charge in [0, 0.05) is 11.4 Å². The van der Waals surface area contributed by atoms with E-state index in [-0.39, 0.29) is 22.9 Å². The van der Waals surface area contributed by atoms with Gasteiger partial charge in [0.05, 0.1) is 17.6 Å². The van der Waals surface area contributed by atoms with E-state index in [1.54, 1.807) is 0 Å². The van der Waals surface area contributed by atoms with Crippen molar-refractivity contribution >= 4 is 17.3 Å². The molecule has 0 saturated carbocycles. The van der Waals surface area contributed by atoms with E-state index in [2.05, 4.69) is 4.72 Å². The molecule has 5 heteroatoms. The SMILES string of the molecule is CC(C)OC(=O)C(C)(C)c1cccc([C@H](C)N[S+]([O-])C(C)(C)C)c1. The number of nitrogens with one attached hydrogen (secondary N) is 1. The van der Waals surface area contributed by atoms with E-state index in [1.165, 1.54) is 0 Å². The Morgan fingerprint density at radius 3 is 2.25 bits per heavy atom.